The fraction of sp³-hybridized carbons (Fsp3) is 0.350. The van der Waals surface area contributed by atoms with Crippen molar-refractivity contribution < 1.29 is 9.69 Å². The maximum absolute atomic E-state index is 12.5. The van der Waals surface area contributed by atoms with Crippen molar-refractivity contribution in [2.45, 2.75) is 39.3 Å². The number of amides is 1. The van der Waals surface area contributed by atoms with Crippen LogP contribution in [0.5, 0.6) is 0 Å². The highest BCUT2D eigenvalue weighted by atomic mass is 16.2. The van der Waals surface area contributed by atoms with Crippen LogP contribution in [-0.4, -0.2) is 18.5 Å². The Morgan fingerprint density at radius 1 is 1.13 bits per heavy atom. The molecule has 0 radical (unpaired) electrons. The van der Waals surface area contributed by atoms with Crippen molar-refractivity contribution in [3.63, 3.8) is 0 Å². The molecule has 3 rings (SSSR count). The molecule has 1 aliphatic rings. The van der Waals surface area contributed by atoms with Crippen molar-refractivity contribution in [2.24, 2.45) is 0 Å². The lowest BCUT2D eigenvalue weighted by Gasteiger charge is -2.30. The Morgan fingerprint density at radius 2 is 1.83 bits per heavy atom. The minimum absolute atomic E-state index is 0.0470. The third-order valence-corrected chi connectivity index (χ3v) is 4.89. The smallest absolute Gasteiger partial charge is 0.282 e. The van der Waals surface area contributed by atoms with Crippen LogP contribution in [-0.2, 0) is 24.2 Å². The van der Waals surface area contributed by atoms with Gasteiger partial charge in [0.2, 0.25) is 0 Å². The molecule has 2 aromatic carbocycles. The topological polar surface area (TPSA) is 33.5 Å². The number of aryl methyl sites for hydroxylation is 1. The molecule has 0 saturated carbocycles. The van der Waals surface area contributed by atoms with E-state index in [4.69, 9.17) is 0 Å². The van der Waals surface area contributed by atoms with E-state index in [-0.39, 0.29) is 11.9 Å². The van der Waals surface area contributed by atoms with Crippen LogP contribution in [0, 0.1) is 0 Å². The van der Waals surface area contributed by atoms with Gasteiger partial charge < -0.3 is 10.2 Å². The molecule has 0 saturated heterocycles. The van der Waals surface area contributed by atoms with E-state index < -0.39 is 0 Å². The quantitative estimate of drug-likeness (QED) is 0.892. The van der Waals surface area contributed by atoms with Crippen LogP contribution in [0.2, 0.25) is 0 Å². The number of rotatable bonds is 4. The molecule has 0 bridgehead atoms. The van der Waals surface area contributed by atoms with Gasteiger partial charge in [0.15, 0.2) is 6.04 Å². The van der Waals surface area contributed by atoms with Gasteiger partial charge in [0.1, 0.15) is 6.54 Å². The lowest BCUT2D eigenvalue weighted by atomic mass is 9.99. The predicted octanol–water partition coefficient (Wildman–Crippen LogP) is 2.22. The maximum atomic E-state index is 12.5. The first kappa shape index (κ1) is 15.8. The molecule has 23 heavy (non-hydrogen) atoms. The number of carbonyl (C=O) groups is 1. The summed E-state index contributed by atoms with van der Waals surface area (Å²) in [5.41, 5.74) is 4.98. The molecule has 3 heteroatoms. The molecular weight excluding hydrogens is 284 g/mol. The molecule has 0 aromatic heterocycles. The summed E-state index contributed by atoms with van der Waals surface area (Å²) in [6.07, 6.45) is 2.07. The first-order valence-corrected chi connectivity index (χ1v) is 8.48. The first-order chi connectivity index (χ1) is 11.2. The van der Waals surface area contributed by atoms with E-state index in [1.165, 1.54) is 21.6 Å². The van der Waals surface area contributed by atoms with E-state index in [1.807, 2.05) is 19.1 Å². The standard InChI is InChI=1S/C20H24N2O/c1-3-16-8-10-19(11-9-16)21-20(23)15(2)22-13-12-17-6-4-5-7-18(17)14-22/h4-11,15H,3,12-14H2,1-2H3,(H,21,23)/p+1/t15-/m1/s1. The van der Waals surface area contributed by atoms with Gasteiger partial charge in [-0.15, -0.1) is 0 Å². The van der Waals surface area contributed by atoms with Crippen molar-refractivity contribution in [1.29, 1.82) is 0 Å². The third kappa shape index (κ3) is 3.62. The Balaban J connectivity index is 1.63. The summed E-state index contributed by atoms with van der Waals surface area (Å²) in [6, 6.07) is 16.6. The molecule has 0 aliphatic carbocycles. The monoisotopic (exact) mass is 309 g/mol. The predicted molar refractivity (Wildman–Crippen MR) is 93.6 cm³/mol. The van der Waals surface area contributed by atoms with E-state index in [0.717, 1.165) is 31.6 Å². The summed E-state index contributed by atoms with van der Waals surface area (Å²) in [4.78, 5) is 13.9. The molecule has 1 aliphatic heterocycles. The number of fused-ring (bicyclic) bond motifs is 1. The van der Waals surface area contributed by atoms with Crippen LogP contribution in [0.15, 0.2) is 48.5 Å². The fourth-order valence-corrected chi connectivity index (χ4v) is 3.23. The Bertz CT molecular complexity index is 678. The highest BCUT2D eigenvalue weighted by Gasteiger charge is 2.28. The Hall–Kier alpha value is -2.13. The summed E-state index contributed by atoms with van der Waals surface area (Å²) < 4.78 is 0. The average molecular weight is 309 g/mol. The van der Waals surface area contributed by atoms with Crippen molar-refractivity contribution >= 4 is 11.6 Å². The zero-order chi connectivity index (χ0) is 16.2. The minimum atomic E-state index is -0.0470. The number of carbonyl (C=O) groups excluding carboxylic acids is 1. The maximum Gasteiger partial charge on any atom is 0.282 e. The number of benzene rings is 2. The van der Waals surface area contributed by atoms with Gasteiger partial charge in [-0.1, -0.05) is 43.3 Å². The second-order valence-electron chi connectivity index (χ2n) is 6.37. The molecule has 1 amide bonds. The molecular formula is C20H25N2O+. The number of nitrogens with one attached hydrogen (secondary N) is 2. The van der Waals surface area contributed by atoms with Gasteiger partial charge >= 0.3 is 0 Å². The van der Waals surface area contributed by atoms with E-state index in [9.17, 15) is 4.79 Å². The minimum Gasteiger partial charge on any atom is -0.321 e. The zero-order valence-electron chi connectivity index (χ0n) is 13.9. The van der Waals surface area contributed by atoms with Gasteiger partial charge in [-0.25, -0.2) is 0 Å². The van der Waals surface area contributed by atoms with Crippen LogP contribution in [0.25, 0.3) is 0 Å². The van der Waals surface area contributed by atoms with Crippen LogP contribution in [0.3, 0.4) is 0 Å². The third-order valence-electron chi connectivity index (χ3n) is 4.89. The molecule has 1 heterocycles. The van der Waals surface area contributed by atoms with Gasteiger partial charge in [0.25, 0.3) is 5.91 Å². The number of hydrogen-bond acceptors (Lipinski definition) is 1. The Kier molecular flexibility index (Phi) is 4.77. The summed E-state index contributed by atoms with van der Waals surface area (Å²) in [7, 11) is 0. The number of quaternary nitrogens is 1. The number of anilines is 1. The Morgan fingerprint density at radius 3 is 2.52 bits per heavy atom. The summed E-state index contributed by atoms with van der Waals surface area (Å²) in [5.74, 6) is 0.101. The zero-order valence-corrected chi connectivity index (χ0v) is 13.9. The first-order valence-electron chi connectivity index (χ1n) is 8.48. The van der Waals surface area contributed by atoms with E-state index in [2.05, 4.69) is 48.6 Å². The second kappa shape index (κ2) is 6.97. The van der Waals surface area contributed by atoms with E-state index >= 15 is 0 Å². The lowest BCUT2D eigenvalue weighted by molar-refractivity contribution is -0.929. The summed E-state index contributed by atoms with van der Waals surface area (Å²) in [5, 5.41) is 3.05. The molecule has 2 atom stereocenters. The van der Waals surface area contributed by atoms with Gasteiger partial charge in [0, 0.05) is 17.7 Å². The van der Waals surface area contributed by atoms with Crippen LogP contribution < -0.4 is 10.2 Å². The van der Waals surface area contributed by atoms with E-state index in [1.54, 1.807) is 0 Å². The fourth-order valence-electron chi connectivity index (χ4n) is 3.23. The largest absolute Gasteiger partial charge is 0.321 e. The highest BCUT2D eigenvalue weighted by Crippen LogP contribution is 2.12. The van der Waals surface area contributed by atoms with Crippen LogP contribution >= 0.6 is 0 Å². The SMILES string of the molecule is CCc1ccc(NC(=O)[C@@H](C)[NH+]2CCc3ccccc3C2)cc1. The molecule has 0 spiro atoms. The molecule has 1 unspecified atom stereocenters. The van der Waals surface area contributed by atoms with Gasteiger partial charge in [-0.05, 0) is 36.6 Å². The van der Waals surface area contributed by atoms with Crippen LogP contribution in [0.1, 0.15) is 30.5 Å². The van der Waals surface area contributed by atoms with Crippen molar-refractivity contribution in [3.8, 4) is 0 Å². The molecule has 0 fully saturated rings. The normalized spacial score (nSPS) is 18.1. The van der Waals surface area contributed by atoms with Crippen LogP contribution in [0.4, 0.5) is 5.69 Å². The summed E-state index contributed by atoms with van der Waals surface area (Å²) >= 11 is 0. The average Bonchev–Trinajstić information content (AvgIpc) is 2.61. The lowest BCUT2D eigenvalue weighted by Crippen LogP contribution is -3.16. The van der Waals surface area contributed by atoms with Gasteiger partial charge in [0.05, 0.1) is 6.54 Å². The second-order valence-corrected chi connectivity index (χ2v) is 6.37. The van der Waals surface area contributed by atoms with Crippen molar-refractivity contribution in [2.75, 3.05) is 11.9 Å². The summed E-state index contributed by atoms with van der Waals surface area (Å²) in [6.45, 7) is 6.10. The molecule has 120 valence electrons. The molecule has 2 aromatic rings. The molecule has 2 N–H and O–H groups in total. The van der Waals surface area contributed by atoms with Crippen molar-refractivity contribution in [3.05, 3.63) is 65.2 Å². The van der Waals surface area contributed by atoms with Gasteiger partial charge in [-0.3, -0.25) is 4.79 Å². The van der Waals surface area contributed by atoms with Crippen molar-refractivity contribution in [1.82, 2.24) is 0 Å². The molecule has 3 nitrogen and oxygen atoms in total. The van der Waals surface area contributed by atoms with Gasteiger partial charge in [-0.2, -0.15) is 0 Å². The Labute approximate surface area is 138 Å². The number of hydrogen-bond donors (Lipinski definition) is 2. The highest BCUT2D eigenvalue weighted by molar-refractivity contribution is 5.93. The van der Waals surface area contributed by atoms with E-state index in [0.29, 0.717) is 0 Å².